The van der Waals surface area contributed by atoms with Gasteiger partial charge in [0.15, 0.2) is 0 Å². The minimum absolute atomic E-state index is 0.0623. The summed E-state index contributed by atoms with van der Waals surface area (Å²) in [7, 11) is -3.76. The molecule has 0 radical (unpaired) electrons. The van der Waals surface area contributed by atoms with Gasteiger partial charge in [-0.2, -0.15) is 0 Å². The van der Waals surface area contributed by atoms with E-state index in [1.54, 1.807) is 24.3 Å². The van der Waals surface area contributed by atoms with Crippen molar-refractivity contribution in [3.63, 3.8) is 0 Å². The average molecular weight is 375 g/mol. The number of rotatable bonds is 7. The van der Waals surface area contributed by atoms with E-state index in [9.17, 15) is 13.2 Å². The molecule has 0 atom stereocenters. The molecule has 2 rings (SSSR count). The topological polar surface area (TPSA) is 75.3 Å². The summed E-state index contributed by atoms with van der Waals surface area (Å²) < 4.78 is 27.8. The Kier molecular flexibility index (Phi) is 6.42. The molecule has 0 aliphatic carbocycles. The van der Waals surface area contributed by atoms with Crippen molar-refractivity contribution in [3.05, 3.63) is 59.2 Å². The molecule has 0 saturated carbocycles. The van der Waals surface area contributed by atoms with E-state index in [4.69, 9.17) is 0 Å². The van der Waals surface area contributed by atoms with Crippen LogP contribution in [0.5, 0.6) is 0 Å². The predicted molar refractivity (Wildman–Crippen MR) is 105 cm³/mol. The lowest BCUT2D eigenvalue weighted by Gasteiger charge is -2.11. The molecular weight excluding hydrogens is 348 g/mol. The summed E-state index contributed by atoms with van der Waals surface area (Å²) in [6.07, 6.45) is 0.873. The lowest BCUT2D eigenvalue weighted by Crippen LogP contribution is -2.25. The molecule has 2 aromatic carbocycles. The van der Waals surface area contributed by atoms with Gasteiger partial charge in [0.05, 0.1) is 4.90 Å². The van der Waals surface area contributed by atoms with Crippen molar-refractivity contribution in [1.29, 1.82) is 0 Å². The van der Waals surface area contributed by atoms with Gasteiger partial charge in [0.25, 0.3) is 15.9 Å². The molecule has 0 unspecified atom stereocenters. The van der Waals surface area contributed by atoms with Crippen LogP contribution in [-0.2, 0) is 10.0 Å². The predicted octanol–water partition coefficient (Wildman–Crippen LogP) is 3.88. The van der Waals surface area contributed by atoms with Crippen LogP contribution in [0.25, 0.3) is 0 Å². The highest BCUT2D eigenvalue weighted by molar-refractivity contribution is 7.92. The molecule has 140 valence electrons. The van der Waals surface area contributed by atoms with Gasteiger partial charge in [-0.15, -0.1) is 0 Å². The molecule has 1 amide bonds. The lowest BCUT2D eigenvalue weighted by molar-refractivity contribution is 0.0952. The van der Waals surface area contributed by atoms with Gasteiger partial charge < -0.3 is 5.32 Å². The average Bonchev–Trinajstić information content (AvgIpc) is 2.57. The minimum Gasteiger partial charge on any atom is -0.352 e. The Morgan fingerprint density at radius 1 is 1.04 bits per heavy atom. The van der Waals surface area contributed by atoms with E-state index in [-0.39, 0.29) is 10.8 Å². The standard InChI is InChI=1S/C20H26N2O3S/c1-14(2)10-11-21-20(23)17-6-5-7-19(13-17)26(24,25)22-18-9-8-15(3)16(4)12-18/h5-9,12-14,22H,10-11H2,1-4H3,(H,21,23). The highest BCUT2D eigenvalue weighted by Gasteiger charge is 2.17. The van der Waals surface area contributed by atoms with Gasteiger partial charge in [0.1, 0.15) is 0 Å². The molecule has 0 aliphatic heterocycles. The van der Waals surface area contributed by atoms with Gasteiger partial charge in [-0.1, -0.05) is 26.0 Å². The second-order valence-electron chi connectivity index (χ2n) is 6.87. The van der Waals surface area contributed by atoms with Gasteiger partial charge in [0, 0.05) is 17.8 Å². The SMILES string of the molecule is Cc1ccc(NS(=O)(=O)c2cccc(C(=O)NCCC(C)C)c2)cc1C. The Morgan fingerprint density at radius 3 is 2.42 bits per heavy atom. The molecule has 0 saturated heterocycles. The van der Waals surface area contributed by atoms with Crippen LogP contribution in [0.2, 0.25) is 0 Å². The number of nitrogens with one attached hydrogen (secondary N) is 2. The first-order valence-electron chi connectivity index (χ1n) is 8.67. The Morgan fingerprint density at radius 2 is 1.77 bits per heavy atom. The zero-order valence-corrected chi connectivity index (χ0v) is 16.5. The van der Waals surface area contributed by atoms with Crippen LogP contribution in [0.3, 0.4) is 0 Å². The normalized spacial score (nSPS) is 11.4. The molecule has 2 N–H and O–H groups in total. The minimum atomic E-state index is -3.76. The summed E-state index contributed by atoms with van der Waals surface area (Å²) in [6, 6.07) is 11.4. The first-order chi connectivity index (χ1) is 12.2. The van der Waals surface area contributed by atoms with Crippen molar-refractivity contribution >= 4 is 21.6 Å². The van der Waals surface area contributed by atoms with Crippen LogP contribution in [0.15, 0.2) is 47.4 Å². The van der Waals surface area contributed by atoms with E-state index in [0.29, 0.717) is 23.7 Å². The van der Waals surface area contributed by atoms with E-state index in [1.165, 1.54) is 12.1 Å². The van der Waals surface area contributed by atoms with Crippen molar-refractivity contribution in [2.24, 2.45) is 5.92 Å². The van der Waals surface area contributed by atoms with E-state index >= 15 is 0 Å². The molecular formula is C20H26N2O3S. The number of carbonyl (C=O) groups is 1. The number of carbonyl (C=O) groups excluding carboxylic acids is 1. The van der Waals surface area contributed by atoms with Gasteiger partial charge in [-0.3, -0.25) is 9.52 Å². The van der Waals surface area contributed by atoms with Crippen molar-refractivity contribution in [1.82, 2.24) is 5.32 Å². The van der Waals surface area contributed by atoms with Crippen molar-refractivity contribution in [2.45, 2.75) is 39.0 Å². The van der Waals surface area contributed by atoms with E-state index in [1.807, 2.05) is 19.9 Å². The van der Waals surface area contributed by atoms with Crippen LogP contribution in [0.4, 0.5) is 5.69 Å². The summed E-state index contributed by atoms with van der Waals surface area (Å²) in [5, 5.41) is 2.82. The number of aryl methyl sites for hydroxylation is 2. The van der Waals surface area contributed by atoms with Crippen LogP contribution >= 0.6 is 0 Å². The first-order valence-corrected chi connectivity index (χ1v) is 10.2. The van der Waals surface area contributed by atoms with Crippen molar-refractivity contribution in [2.75, 3.05) is 11.3 Å². The van der Waals surface area contributed by atoms with Crippen LogP contribution in [0, 0.1) is 19.8 Å². The van der Waals surface area contributed by atoms with E-state index < -0.39 is 10.0 Å². The molecule has 0 heterocycles. The number of hydrogen-bond donors (Lipinski definition) is 2. The molecule has 0 bridgehead atoms. The number of benzene rings is 2. The Hall–Kier alpha value is -2.34. The second kappa shape index (κ2) is 8.36. The maximum Gasteiger partial charge on any atom is 0.261 e. The Labute approximate surface area is 155 Å². The van der Waals surface area contributed by atoms with Gasteiger partial charge >= 0.3 is 0 Å². The quantitative estimate of drug-likeness (QED) is 0.772. The van der Waals surface area contributed by atoms with E-state index in [0.717, 1.165) is 17.5 Å². The third kappa shape index (κ3) is 5.33. The second-order valence-corrected chi connectivity index (χ2v) is 8.55. The Bertz CT molecular complexity index is 890. The highest BCUT2D eigenvalue weighted by atomic mass is 32.2. The zero-order valence-electron chi connectivity index (χ0n) is 15.7. The molecule has 0 aromatic heterocycles. The monoisotopic (exact) mass is 374 g/mol. The molecule has 5 nitrogen and oxygen atoms in total. The number of amides is 1. The molecule has 6 heteroatoms. The fourth-order valence-electron chi connectivity index (χ4n) is 2.40. The van der Waals surface area contributed by atoms with Crippen LogP contribution < -0.4 is 10.0 Å². The van der Waals surface area contributed by atoms with Gasteiger partial charge in [-0.25, -0.2) is 8.42 Å². The maximum atomic E-state index is 12.6. The zero-order chi connectivity index (χ0) is 19.3. The summed E-state index contributed by atoms with van der Waals surface area (Å²) in [5.41, 5.74) is 2.92. The van der Waals surface area contributed by atoms with Gasteiger partial charge in [-0.05, 0) is 67.6 Å². The molecule has 26 heavy (non-hydrogen) atoms. The molecule has 0 aliphatic rings. The van der Waals surface area contributed by atoms with Crippen molar-refractivity contribution < 1.29 is 13.2 Å². The van der Waals surface area contributed by atoms with E-state index in [2.05, 4.69) is 23.9 Å². The summed E-state index contributed by atoms with van der Waals surface area (Å²) in [6.45, 7) is 8.62. The van der Waals surface area contributed by atoms with Crippen LogP contribution in [-0.4, -0.2) is 20.9 Å². The molecule has 2 aromatic rings. The first kappa shape index (κ1) is 20.0. The summed E-state index contributed by atoms with van der Waals surface area (Å²) in [4.78, 5) is 12.3. The number of sulfonamides is 1. The maximum absolute atomic E-state index is 12.6. The summed E-state index contributed by atoms with van der Waals surface area (Å²) in [5.74, 6) is 0.220. The summed E-state index contributed by atoms with van der Waals surface area (Å²) >= 11 is 0. The fourth-order valence-corrected chi connectivity index (χ4v) is 3.49. The number of anilines is 1. The Balaban J connectivity index is 2.16. The largest absolute Gasteiger partial charge is 0.352 e. The van der Waals surface area contributed by atoms with Crippen LogP contribution in [0.1, 0.15) is 41.8 Å². The molecule has 0 spiro atoms. The highest BCUT2D eigenvalue weighted by Crippen LogP contribution is 2.19. The molecule has 0 fully saturated rings. The lowest BCUT2D eigenvalue weighted by atomic mass is 10.1. The third-order valence-corrected chi connectivity index (χ3v) is 5.55. The fraction of sp³-hybridized carbons (Fsp3) is 0.350. The smallest absolute Gasteiger partial charge is 0.261 e. The third-order valence-electron chi connectivity index (χ3n) is 4.17. The van der Waals surface area contributed by atoms with Crippen molar-refractivity contribution in [3.8, 4) is 0 Å². The van der Waals surface area contributed by atoms with Gasteiger partial charge in [0.2, 0.25) is 0 Å². The number of hydrogen-bond acceptors (Lipinski definition) is 3.